The van der Waals surface area contributed by atoms with Gasteiger partial charge in [0, 0.05) is 17.8 Å². The standard InChI is InChI=1S/C9H17Cl2N3O2/c1-2-3-8(11)4-6-12-9(15)14(13-16)7-5-10/h8H,2-7H2,1H3,(H,12,15). The van der Waals surface area contributed by atoms with Crippen molar-refractivity contribution in [1.82, 2.24) is 10.3 Å². The molecule has 1 atom stereocenters. The summed E-state index contributed by atoms with van der Waals surface area (Å²) >= 11 is 11.4. The fraction of sp³-hybridized carbons (Fsp3) is 0.889. The first-order chi connectivity index (χ1) is 7.65. The summed E-state index contributed by atoms with van der Waals surface area (Å²) in [5, 5.41) is 5.94. The van der Waals surface area contributed by atoms with Crippen LogP contribution in [0, 0.1) is 4.91 Å². The third kappa shape index (κ3) is 6.85. The van der Waals surface area contributed by atoms with E-state index in [1.54, 1.807) is 0 Å². The van der Waals surface area contributed by atoms with E-state index in [2.05, 4.69) is 10.6 Å². The molecule has 0 bridgehead atoms. The predicted molar refractivity (Wildman–Crippen MR) is 65.8 cm³/mol. The molecule has 0 aromatic carbocycles. The Bertz CT molecular complexity index is 217. The van der Waals surface area contributed by atoms with Crippen molar-refractivity contribution in [2.75, 3.05) is 19.0 Å². The molecule has 0 aromatic heterocycles. The Labute approximate surface area is 105 Å². The van der Waals surface area contributed by atoms with Gasteiger partial charge in [-0.05, 0) is 12.8 Å². The summed E-state index contributed by atoms with van der Waals surface area (Å²) in [6, 6.07) is -0.531. The van der Waals surface area contributed by atoms with Crippen molar-refractivity contribution < 1.29 is 4.79 Å². The van der Waals surface area contributed by atoms with Crippen LogP contribution in [-0.2, 0) is 0 Å². The van der Waals surface area contributed by atoms with Gasteiger partial charge in [-0.25, -0.2) is 4.79 Å². The molecule has 0 saturated carbocycles. The molecule has 0 aliphatic carbocycles. The number of nitrogens with zero attached hydrogens (tertiary/aromatic N) is 2. The lowest BCUT2D eigenvalue weighted by atomic mass is 10.2. The van der Waals surface area contributed by atoms with Crippen molar-refractivity contribution in [3.05, 3.63) is 4.91 Å². The van der Waals surface area contributed by atoms with Gasteiger partial charge in [0.2, 0.25) is 0 Å². The van der Waals surface area contributed by atoms with E-state index in [1.165, 1.54) is 0 Å². The fourth-order valence-electron chi connectivity index (χ4n) is 1.14. The second kappa shape index (κ2) is 9.66. The summed E-state index contributed by atoms with van der Waals surface area (Å²) in [4.78, 5) is 21.6. The number of nitroso groups, excluding NO2 is 1. The fourth-order valence-corrected chi connectivity index (χ4v) is 1.63. The Hall–Kier alpha value is -0.550. The number of urea groups is 1. The summed E-state index contributed by atoms with van der Waals surface area (Å²) in [6.07, 6.45) is 2.60. The molecule has 94 valence electrons. The van der Waals surface area contributed by atoms with Gasteiger partial charge in [0.1, 0.15) is 0 Å². The third-order valence-electron chi connectivity index (χ3n) is 1.97. The van der Waals surface area contributed by atoms with Crippen molar-refractivity contribution in [2.24, 2.45) is 5.29 Å². The number of nitrogens with one attached hydrogen (secondary N) is 1. The lowest BCUT2D eigenvalue weighted by Gasteiger charge is -2.13. The number of carbonyl (C=O) groups is 1. The monoisotopic (exact) mass is 269 g/mol. The molecule has 0 radical (unpaired) electrons. The minimum Gasteiger partial charge on any atom is -0.336 e. The Morgan fingerprint density at radius 3 is 2.69 bits per heavy atom. The number of rotatable bonds is 8. The highest BCUT2D eigenvalue weighted by atomic mass is 35.5. The quantitative estimate of drug-likeness (QED) is 0.418. The van der Waals surface area contributed by atoms with Gasteiger partial charge in [0.05, 0.1) is 11.8 Å². The van der Waals surface area contributed by atoms with Crippen LogP contribution in [0.1, 0.15) is 26.2 Å². The second-order valence-electron chi connectivity index (χ2n) is 3.30. The molecule has 1 unspecified atom stereocenters. The van der Waals surface area contributed by atoms with E-state index < -0.39 is 6.03 Å². The topological polar surface area (TPSA) is 61.8 Å². The predicted octanol–water partition coefficient (Wildman–Crippen LogP) is 2.72. The second-order valence-corrected chi connectivity index (χ2v) is 4.30. The summed E-state index contributed by atoms with van der Waals surface area (Å²) in [7, 11) is 0. The molecule has 1 N–H and O–H groups in total. The van der Waals surface area contributed by atoms with Crippen LogP contribution in [0.3, 0.4) is 0 Å². The largest absolute Gasteiger partial charge is 0.340 e. The molecule has 2 amide bonds. The van der Waals surface area contributed by atoms with Crippen LogP contribution in [0.5, 0.6) is 0 Å². The number of hydrogen-bond donors (Lipinski definition) is 1. The highest BCUT2D eigenvalue weighted by Gasteiger charge is 2.12. The average molecular weight is 270 g/mol. The highest BCUT2D eigenvalue weighted by molar-refractivity contribution is 6.20. The molecule has 7 heteroatoms. The van der Waals surface area contributed by atoms with Crippen LogP contribution in [0.15, 0.2) is 5.29 Å². The van der Waals surface area contributed by atoms with E-state index in [1.807, 2.05) is 6.92 Å². The van der Waals surface area contributed by atoms with Crippen LogP contribution in [0.25, 0.3) is 0 Å². The normalized spacial score (nSPS) is 11.9. The van der Waals surface area contributed by atoms with E-state index in [-0.39, 0.29) is 17.8 Å². The highest BCUT2D eigenvalue weighted by Crippen LogP contribution is 2.08. The van der Waals surface area contributed by atoms with E-state index in [0.29, 0.717) is 13.0 Å². The number of alkyl halides is 2. The minimum absolute atomic E-state index is 0.0518. The minimum atomic E-state index is -0.531. The molecule has 5 nitrogen and oxygen atoms in total. The van der Waals surface area contributed by atoms with E-state index in [4.69, 9.17) is 23.2 Å². The lowest BCUT2D eigenvalue weighted by Crippen LogP contribution is -2.38. The Morgan fingerprint density at radius 1 is 1.50 bits per heavy atom. The first-order valence-electron chi connectivity index (χ1n) is 5.24. The van der Waals surface area contributed by atoms with Gasteiger partial charge < -0.3 is 5.32 Å². The van der Waals surface area contributed by atoms with Gasteiger partial charge in [0.25, 0.3) is 0 Å². The van der Waals surface area contributed by atoms with Crippen molar-refractivity contribution in [3.8, 4) is 0 Å². The van der Waals surface area contributed by atoms with Crippen molar-refractivity contribution in [1.29, 1.82) is 0 Å². The van der Waals surface area contributed by atoms with Crippen molar-refractivity contribution in [3.63, 3.8) is 0 Å². The molecule has 0 aliphatic rings. The number of hydrogen-bond acceptors (Lipinski definition) is 3. The third-order valence-corrected chi connectivity index (χ3v) is 2.57. The molecule has 0 heterocycles. The van der Waals surface area contributed by atoms with Gasteiger partial charge in [-0.15, -0.1) is 28.1 Å². The summed E-state index contributed by atoms with van der Waals surface area (Å²) < 4.78 is 0. The van der Waals surface area contributed by atoms with E-state index in [9.17, 15) is 9.70 Å². The molecule has 0 spiro atoms. The van der Waals surface area contributed by atoms with E-state index in [0.717, 1.165) is 17.9 Å². The molecule has 0 fully saturated rings. The number of halogens is 2. The van der Waals surface area contributed by atoms with Gasteiger partial charge in [-0.3, -0.25) is 0 Å². The van der Waals surface area contributed by atoms with Gasteiger partial charge >= 0.3 is 6.03 Å². The Balaban J connectivity index is 3.74. The molecule has 16 heavy (non-hydrogen) atoms. The zero-order valence-electron chi connectivity index (χ0n) is 9.29. The van der Waals surface area contributed by atoms with Crippen molar-refractivity contribution in [2.45, 2.75) is 31.6 Å². The van der Waals surface area contributed by atoms with Crippen LogP contribution in [0.2, 0.25) is 0 Å². The smallest absolute Gasteiger partial charge is 0.336 e. The van der Waals surface area contributed by atoms with Crippen LogP contribution in [-0.4, -0.2) is 35.4 Å². The SMILES string of the molecule is CCCC(Cl)CCNC(=O)N(CCCl)N=O. The summed E-state index contributed by atoms with van der Waals surface area (Å²) in [5.74, 6) is 0.174. The van der Waals surface area contributed by atoms with Crippen LogP contribution in [0.4, 0.5) is 4.79 Å². The first-order valence-corrected chi connectivity index (χ1v) is 6.21. The van der Waals surface area contributed by atoms with Gasteiger partial charge in [-0.2, -0.15) is 5.01 Å². The molecule has 0 aromatic rings. The molecular formula is C9H17Cl2N3O2. The maximum atomic E-state index is 11.3. The molecule has 0 aliphatic heterocycles. The number of amides is 2. The van der Waals surface area contributed by atoms with Crippen LogP contribution >= 0.6 is 23.2 Å². The van der Waals surface area contributed by atoms with E-state index >= 15 is 0 Å². The van der Waals surface area contributed by atoms with Gasteiger partial charge in [0.15, 0.2) is 0 Å². The summed E-state index contributed by atoms with van der Waals surface area (Å²) in [6.45, 7) is 2.59. The maximum Gasteiger partial charge on any atom is 0.340 e. The summed E-state index contributed by atoms with van der Waals surface area (Å²) in [5.41, 5.74) is 0. The first kappa shape index (κ1) is 15.4. The van der Waals surface area contributed by atoms with Gasteiger partial charge in [-0.1, -0.05) is 13.3 Å². The average Bonchev–Trinajstić information content (AvgIpc) is 2.26. The zero-order chi connectivity index (χ0) is 12.4. The molecular weight excluding hydrogens is 253 g/mol. The Kier molecular flexibility index (Phi) is 9.33. The van der Waals surface area contributed by atoms with Crippen LogP contribution < -0.4 is 5.32 Å². The zero-order valence-corrected chi connectivity index (χ0v) is 10.8. The maximum absolute atomic E-state index is 11.3. The molecule has 0 saturated heterocycles. The Morgan fingerprint density at radius 2 is 2.19 bits per heavy atom. The molecule has 0 rings (SSSR count). The van der Waals surface area contributed by atoms with Crippen molar-refractivity contribution >= 4 is 29.2 Å². The lowest BCUT2D eigenvalue weighted by molar-refractivity contribution is 0.202. The number of carbonyl (C=O) groups excluding carboxylic acids is 1.